The molecule has 12 atom stereocenters. The first-order valence-electron chi connectivity index (χ1n) is 46.6. The van der Waals surface area contributed by atoms with Crippen molar-refractivity contribution in [1.82, 2.24) is 51.1 Å². The predicted molar refractivity (Wildman–Crippen MR) is 511 cm³/mol. The number of carbonyl (C=O) groups is 13. The summed E-state index contributed by atoms with van der Waals surface area (Å²) in [4.78, 5) is 189. The summed E-state index contributed by atoms with van der Waals surface area (Å²) in [5.41, 5.74) is 7.13. The molecule has 0 radical (unpaired) electrons. The number of hydrogen-bond donors (Lipinski definition) is 8. The Morgan fingerprint density at radius 3 is 1.67 bits per heavy atom. The van der Waals surface area contributed by atoms with Crippen LogP contribution in [0.2, 0.25) is 0 Å². The number of ether oxygens (including phenoxy) is 9. The number of carbonyl (C=O) groups excluding carboxylic acids is 13. The Morgan fingerprint density at radius 1 is 0.609 bits per heavy atom. The second-order valence-corrected chi connectivity index (χ2v) is 37.5. The fourth-order valence-electron chi connectivity index (χ4n) is 16.6. The molecule has 9 N–H and O–H groups in total. The van der Waals surface area contributed by atoms with Gasteiger partial charge in [0.15, 0.2) is 17.4 Å². The maximum Gasteiger partial charge on any atom is 0.410 e. The number of methoxy groups -OCH3 is 2. The lowest BCUT2D eigenvalue weighted by atomic mass is 9.89. The van der Waals surface area contributed by atoms with E-state index in [1.165, 1.54) is 26.2 Å². The molecule has 3 saturated heterocycles. The molecule has 40 heteroatoms. The molecule has 0 spiro atoms. The van der Waals surface area contributed by atoms with Gasteiger partial charge in [-0.2, -0.15) is 0 Å². The number of morpholine rings is 2. The van der Waals surface area contributed by atoms with Gasteiger partial charge in [0.05, 0.1) is 124 Å². The zero-order chi connectivity index (χ0) is 101. The molecule has 4 aliphatic heterocycles. The van der Waals surface area contributed by atoms with Gasteiger partial charge in [-0.25, -0.2) is 23.3 Å². The summed E-state index contributed by atoms with van der Waals surface area (Å²) in [6.45, 7) is 20.4. The molecular formula is C98H133F2N13O23S2. The Morgan fingerprint density at radius 2 is 1.15 bits per heavy atom. The number of thioether (sulfide) groups is 2. The molecule has 0 aliphatic carbocycles. The number of hydrogen-bond acceptors (Lipinski definition) is 25. The van der Waals surface area contributed by atoms with Crippen LogP contribution in [0.5, 0.6) is 5.75 Å². The Bertz CT molecular complexity index is 4860. The summed E-state index contributed by atoms with van der Waals surface area (Å²) < 4.78 is 82.4. The number of halogens is 2. The van der Waals surface area contributed by atoms with Crippen LogP contribution in [0.1, 0.15) is 146 Å². The molecule has 4 heterocycles. The van der Waals surface area contributed by atoms with Gasteiger partial charge >= 0.3 is 12.1 Å². The lowest BCUT2D eigenvalue weighted by Crippen LogP contribution is -2.60. The summed E-state index contributed by atoms with van der Waals surface area (Å²) in [5.74, 6) is -11.4. The molecule has 0 bridgehead atoms. The standard InChI is InChI=1S/C98H133F2N13O23S2/c1-15-61(8)82(76(128-13)55-78(115)112-38-20-24-75(112)84(129-14)62(9)88(117)103-63(10)83(116)65-21-17-16-18-22-65)108(11)94(123)80(59(4)5)107-91(120)81(60(6)7)109(12)98(127)136-56-64-25-31-68(32-26-64)104-89(118)74(23-19-37-102-97(101)126)105-90(119)79(58(2)3)106-77(114)57-134-50-49-132-47-48-133-51-52-135-85-72(99)53-69(54-73(85)100)113-95(124)86(137-70-33-27-66(28-34-70)92(121)110-39-43-130-44-40-110)87(96(113)125)138-71-35-29-67(30-36-71)93(122)111-41-45-131-46-42-111/h16-18,21-22,25-36,53-54,58-63,74-76,79-84,116H,15,19-20,23-24,37-52,55-57H2,1-14H3,(H,103,117)(H,104,118)(H,105,119)(H,106,114)(H,107,120)(H3,101,102,126)/t61?,62-,63-,74+,75+,76-,79+,80?,81+,82+,83-,84-/m1/s1. The Hall–Kier alpha value is -11.2. The smallest absolute Gasteiger partial charge is 0.410 e. The summed E-state index contributed by atoms with van der Waals surface area (Å²) in [5, 5.41) is 27.5. The Labute approximate surface area is 812 Å². The first-order valence-corrected chi connectivity index (χ1v) is 48.3. The predicted octanol–water partition coefficient (Wildman–Crippen LogP) is 8.61. The lowest BCUT2D eigenvalue weighted by Gasteiger charge is -2.41. The van der Waals surface area contributed by atoms with E-state index in [4.69, 9.17) is 48.4 Å². The number of likely N-dealkylation sites (N-methyl/N-ethyl adjacent to an activating group) is 2. The average Bonchev–Trinajstić information content (AvgIpc) is 1.61. The third-order valence-corrected chi connectivity index (χ3v) is 26.8. The number of aliphatic hydroxyl groups is 1. The van der Waals surface area contributed by atoms with Crippen molar-refractivity contribution < 1.29 is 119 Å². The molecule has 36 nitrogen and oxygen atoms in total. The highest BCUT2D eigenvalue weighted by molar-refractivity contribution is 8.08. The number of likely N-dealkylation sites (tertiary alicyclic amines) is 1. The van der Waals surface area contributed by atoms with E-state index in [0.717, 1.165) is 40.6 Å². The average molecular weight is 1960 g/mol. The SMILES string of the molecule is CCC(C)[C@@H]([C@@H](CC(=O)N1CCC[C@H]1[C@H](OC)[C@@H](C)C(=O)N[C@H](C)[C@@H](O)c1ccccc1)OC)N(C)C(=O)C(NC(=O)[C@H](C(C)C)N(C)C(=O)OCc1ccc(NC(=O)[C@H](CCCNC(N)=O)NC(=O)[C@@H](NC(=O)COCCOCCOCCOc2c(F)cc(N3C(=O)C(Sc4ccc(C(=O)N5CCOCC5)cc4)=C(Sc4ccc(C(=O)N5CCOCC5)cc4)C3=O)cc2F)C(C)C)cc1)C(C)C. The molecule has 5 aromatic carbocycles. The van der Waals surface area contributed by atoms with Gasteiger partial charge in [-0.05, 0) is 128 Å². The van der Waals surface area contributed by atoms with Crippen LogP contribution in [0.15, 0.2) is 135 Å². The number of aliphatic hydroxyl groups excluding tert-OH is 1. The van der Waals surface area contributed by atoms with Crippen LogP contribution < -0.4 is 47.3 Å². The largest absolute Gasteiger partial charge is 0.485 e. The van der Waals surface area contributed by atoms with Crippen molar-refractivity contribution in [2.45, 2.75) is 185 Å². The van der Waals surface area contributed by atoms with Gasteiger partial charge in [-0.1, -0.05) is 135 Å². The van der Waals surface area contributed by atoms with Gasteiger partial charge in [-0.3, -0.25) is 57.6 Å². The maximum absolute atomic E-state index is 15.9. The molecule has 754 valence electrons. The second kappa shape index (κ2) is 54.4. The fourth-order valence-corrected chi connectivity index (χ4v) is 18.6. The zero-order valence-corrected chi connectivity index (χ0v) is 82.5. The maximum atomic E-state index is 15.9. The Balaban J connectivity index is 0.701. The van der Waals surface area contributed by atoms with Crippen LogP contribution in [0.3, 0.4) is 0 Å². The van der Waals surface area contributed by atoms with Crippen LogP contribution in [-0.2, 0) is 87.7 Å². The minimum Gasteiger partial charge on any atom is -0.485 e. The number of urea groups is 1. The van der Waals surface area contributed by atoms with E-state index in [9.17, 15) is 67.4 Å². The van der Waals surface area contributed by atoms with E-state index < -0.39 is 167 Å². The van der Waals surface area contributed by atoms with Crippen LogP contribution in [0.4, 0.5) is 29.7 Å². The number of imide groups is 1. The number of amides is 14. The molecule has 0 saturated carbocycles. The van der Waals surface area contributed by atoms with E-state index in [1.54, 1.807) is 162 Å². The van der Waals surface area contributed by atoms with Gasteiger partial charge < -0.3 is 105 Å². The van der Waals surface area contributed by atoms with Gasteiger partial charge in [0.25, 0.3) is 23.6 Å². The lowest BCUT2D eigenvalue weighted by molar-refractivity contribution is -0.148. The van der Waals surface area contributed by atoms with Gasteiger partial charge in [0.1, 0.15) is 44.0 Å². The van der Waals surface area contributed by atoms with Crippen molar-refractivity contribution in [3.63, 3.8) is 0 Å². The van der Waals surface area contributed by atoms with Crippen LogP contribution in [-0.4, -0.2) is 301 Å². The van der Waals surface area contributed by atoms with E-state index >= 15 is 8.78 Å². The van der Waals surface area contributed by atoms with Crippen LogP contribution in [0, 0.1) is 41.2 Å². The minimum absolute atomic E-state index is 0.00236. The van der Waals surface area contributed by atoms with Crippen molar-refractivity contribution >= 4 is 112 Å². The first-order chi connectivity index (χ1) is 66.0. The van der Waals surface area contributed by atoms with E-state index in [1.807, 2.05) is 32.0 Å². The van der Waals surface area contributed by atoms with Crippen molar-refractivity contribution in [3.05, 3.63) is 159 Å². The molecule has 0 aromatic heterocycles. The number of rotatable bonds is 51. The number of nitrogens with two attached hydrogens (primary N) is 1. The van der Waals surface area contributed by atoms with Gasteiger partial charge in [0, 0.05) is 106 Å². The molecule has 3 fully saturated rings. The number of nitrogens with one attached hydrogen (secondary N) is 6. The Kier molecular flexibility index (Phi) is 43.5. The van der Waals surface area contributed by atoms with Crippen LogP contribution >= 0.6 is 23.5 Å². The third kappa shape index (κ3) is 30.9. The van der Waals surface area contributed by atoms with Gasteiger partial charge in [0.2, 0.25) is 41.4 Å². The number of primary amides is 1. The van der Waals surface area contributed by atoms with E-state index in [-0.39, 0.29) is 117 Å². The summed E-state index contributed by atoms with van der Waals surface area (Å²) in [6, 6.07) is 22.8. The highest BCUT2D eigenvalue weighted by Crippen LogP contribution is 2.45. The highest BCUT2D eigenvalue weighted by atomic mass is 32.2. The summed E-state index contributed by atoms with van der Waals surface area (Å²) in [6.07, 6.45) is -1.39. The number of benzene rings is 5. The summed E-state index contributed by atoms with van der Waals surface area (Å²) in [7, 11) is 6.03. The molecular weight excluding hydrogens is 1830 g/mol. The monoisotopic (exact) mass is 1960 g/mol. The van der Waals surface area contributed by atoms with Crippen molar-refractivity contribution in [2.75, 3.05) is 150 Å². The normalized spacial score (nSPS) is 17.0. The quantitative estimate of drug-likeness (QED) is 0.0133. The molecule has 14 amide bonds. The minimum atomic E-state index is -1.21. The molecule has 5 aromatic rings. The van der Waals surface area contributed by atoms with Crippen molar-refractivity contribution in [1.29, 1.82) is 0 Å². The topological polar surface area (TPSA) is 443 Å². The second-order valence-electron chi connectivity index (χ2n) is 35.3. The number of nitrogens with zero attached hydrogens (tertiary/aromatic N) is 6. The van der Waals surface area contributed by atoms with E-state index in [2.05, 4.69) is 31.9 Å². The molecule has 138 heavy (non-hydrogen) atoms. The zero-order valence-electron chi connectivity index (χ0n) is 80.9. The molecule has 4 aliphatic rings. The molecule has 9 rings (SSSR count). The van der Waals surface area contributed by atoms with Crippen molar-refractivity contribution in [3.8, 4) is 5.75 Å². The summed E-state index contributed by atoms with van der Waals surface area (Å²) >= 11 is 1.89. The fraction of sp³-hybridized carbons (Fsp3) is 0.541. The van der Waals surface area contributed by atoms with Gasteiger partial charge in [-0.15, -0.1) is 0 Å². The van der Waals surface area contributed by atoms with E-state index in [0.29, 0.717) is 115 Å². The molecule has 2 unspecified atom stereocenters. The number of anilines is 2. The third-order valence-electron chi connectivity index (χ3n) is 24.5. The van der Waals surface area contributed by atoms with Crippen LogP contribution in [0.25, 0.3) is 0 Å². The first kappa shape index (κ1) is 110. The van der Waals surface area contributed by atoms with Crippen molar-refractivity contribution in [2.24, 2.45) is 35.3 Å². The highest BCUT2D eigenvalue weighted by Gasteiger charge is 2.46.